The summed E-state index contributed by atoms with van der Waals surface area (Å²) in [4.78, 5) is 34.7. The van der Waals surface area contributed by atoms with Gasteiger partial charge in [-0.05, 0) is 64.2 Å². The largest absolute Gasteiger partial charge is 0.480 e. The Morgan fingerprint density at radius 2 is 1.05 bits per heavy atom. The molecule has 1 unspecified atom stereocenters. The molecule has 0 bridgehead atoms. The summed E-state index contributed by atoms with van der Waals surface area (Å²) >= 11 is 0. The molecule has 0 saturated carbocycles. The molecule has 0 aliphatic rings. The van der Waals surface area contributed by atoms with Crippen molar-refractivity contribution >= 4 is 17.8 Å². The third-order valence-electron chi connectivity index (χ3n) is 7.69. The van der Waals surface area contributed by atoms with Crippen molar-refractivity contribution < 1.29 is 24.2 Å². The Balaban J connectivity index is 4.04. The lowest BCUT2D eigenvalue weighted by molar-refractivity contribution is -0.150. The number of hydrogen-bond acceptors (Lipinski definition) is 4. The first kappa shape index (κ1) is 39.1. The van der Waals surface area contributed by atoms with E-state index in [9.17, 15) is 14.4 Å². The van der Waals surface area contributed by atoms with E-state index in [0.29, 0.717) is 12.8 Å². The highest BCUT2D eigenvalue weighted by Crippen LogP contribution is 2.18. The first-order valence-electron chi connectivity index (χ1n) is 17.3. The van der Waals surface area contributed by atoms with Crippen molar-refractivity contribution in [1.82, 2.24) is 5.32 Å². The van der Waals surface area contributed by atoms with Crippen molar-refractivity contribution in [3.63, 3.8) is 0 Å². The summed E-state index contributed by atoms with van der Waals surface area (Å²) in [6.45, 7) is 4.17. The van der Waals surface area contributed by atoms with Crippen LogP contribution in [-0.4, -0.2) is 35.6 Å². The Kier molecular flexibility index (Phi) is 29.7. The number of unbranched alkanes of at least 4 members (excludes halogenated alkanes) is 18. The Morgan fingerprint density at radius 3 is 1.56 bits per heavy atom. The second-order valence-electron chi connectivity index (χ2n) is 11.8. The highest BCUT2D eigenvalue weighted by atomic mass is 16.5. The maximum Gasteiger partial charge on any atom is 0.322 e. The van der Waals surface area contributed by atoms with Crippen LogP contribution in [0.3, 0.4) is 0 Å². The number of nitrogens with one attached hydrogen (secondary N) is 1. The van der Waals surface area contributed by atoms with E-state index in [1.807, 2.05) is 0 Å². The van der Waals surface area contributed by atoms with Crippen molar-refractivity contribution in [1.29, 1.82) is 0 Å². The normalized spacial score (nSPS) is 12.0. The lowest BCUT2D eigenvalue weighted by Crippen LogP contribution is -2.28. The van der Waals surface area contributed by atoms with Gasteiger partial charge in [0.1, 0.15) is 12.6 Å². The second kappa shape index (κ2) is 31.1. The van der Waals surface area contributed by atoms with Gasteiger partial charge in [0.15, 0.2) is 0 Å². The Morgan fingerprint density at radius 1 is 0.610 bits per heavy atom. The molecule has 0 heterocycles. The topological polar surface area (TPSA) is 92.7 Å². The summed E-state index contributed by atoms with van der Waals surface area (Å²) in [5.41, 5.74) is 0. The highest BCUT2D eigenvalue weighted by molar-refractivity contribution is 5.80. The third kappa shape index (κ3) is 30.9. The number of esters is 1. The molecule has 0 saturated heterocycles. The summed E-state index contributed by atoms with van der Waals surface area (Å²) < 4.78 is 5.92. The van der Waals surface area contributed by atoms with Gasteiger partial charge in [0.05, 0.1) is 0 Å². The minimum atomic E-state index is -1.02. The van der Waals surface area contributed by atoms with Crippen LogP contribution in [0.1, 0.15) is 181 Å². The van der Waals surface area contributed by atoms with Gasteiger partial charge in [-0.3, -0.25) is 14.4 Å². The highest BCUT2D eigenvalue weighted by Gasteiger charge is 2.14. The van der Waals surface area contributed by atoms with Crippen LogP contribution in [0.2, 0.25) is 0 Å². The molecule has 2 N–H and O–H groups in total. The summed E-state index contributed by atoms with van der Waals surface area (Å²) in [6.07, 6.45) is 33.3. The first-order chi connectivity index (χ1) is 20.0. The van der Waals surface area contributed by atoms with Crippen LogP contribution in [0, 0.1) is 0 Å². The Hall–Kier alpha value is -1.85. The van der Waals surface area contributed by atoms with Gasteiger partial charge < -0.3 is 15.2 Å². The third-order valence-corrected chi connectivity index (χ3v) is 7.69. The summed E-state index contributed by atoms with van der Waals surface area (Å²) in [6, 6.07) is 0. The molecule has 1 amide bonds. The van der Waals surface area contributed by atoms with Crippen LogP contribution in [0.5, 0.6) is 0 Å². The SMILES string of the molecule is CCCCCCC/C=C\CCCCCCCC(=O)OC(CCCCCCCC)CCCCCCC(=O)NCC(=O)O. The van der Waals surface area contributed by atoms with E-state index >= 15 is 0 Å². The summed E-state index contributed by atoms with van der Waals surface area (Å²) in [7, 11) is 0. The molecule has 41 heavy (non-hydrogen) atoms. The lowest BCUT2D eigenvalue weighted by atomic mass is 10.0. The number of hydrogen-bond donors (Lipinski definition) is 2. The van der Waals surface area contributed by atoms with Crippen molar-refractivity contribution in [3.8, 4) is 0 Å². The van der Waals surface area contributed by atoms with E-state index in [0.717, 1.165) is 57.8 Å². The zero-order chi connectivity index (χ0) is 30.2. The predicted molar refractivity (Wildman–Crippen MR) is 171 cm³/mol. The fourth-order valence-electron chi connectivity index (χ4n) is 5.10. The quantitative estimate of drug-likeness (QED) is 0.0484. The first-order valence-corrected chi connectivity index (χ1v) is 17.3. The Bertz CT molecular complexity index is 648. The minimum Gasteiger partial charge on any atom is -0.480 e. The fraction of sp³-hybridized carbons (Fsp3) is 0.857. The maximum atomic E-state index is 12.5. The summed E-state index contributed by atoms with van der Waals surface area (Å²) in [5.74, 6) is -1.27. The monoisotopic (exact) mass is 579 g/mol. The lowest BCUT2D eigenvalue weighted by Gasteiger charge is -2.18. The number of amides is 1. The number of carbonyl (C=O) groups excluding carboxylic acids is 2. The van der Waals surface area contributed by atoms with Gasteiger partial charge in [-0.1, -0.05) is 116 Å². The second-order valence-corrected chi connectivity index (χ2v) is 11.8. The molecular weight excluding hydrogens is 514 g/mol. The number of carboxylic acids is 1. The molecule has 6 heteroatoms. The van der Waals surface area contributed by atoms with E-state index in [4.69, 9.17) is 9.84 Å². The number of carbonyl (C=O) groups is 3. The molecule has 0 aromatic carbocycles. The Labute approximate surface area is 252 Å². The molecule has 0 fully saturated rings. The van der Waals surface area contributed by atoms with E-state index in [1.54, 1.807) is 0 Å². The van der Waals surface area contributed by atoms with Crippen LogP contribution < -0.4 is 5.32 Å². The molecule has 0 rings (SSSR count). The van der Waals surface area contributed by atoms with Gasteiger partial charge in [-0.2, -0.15) is 0 Å². The van der Waals surface area contributed by atoms with Gasteiger partial charge in [-0.15, -0.1) is 0 Å². The number of aliphatic carboxylic acids is 1. The fourth-order valence-corrected chi connectivity index (χ4v) is 5.10. The zero-order valence-corrected chi connectivity index (χ0v) is 26.9. The number of rotatable bonds is 31. The van der Waals surface area contributed by atoms with Gasteiger partial charge in [-0.25, -0.2) is 0 Å². The molecule has 0 aromatic heterocycles. The molecule has 6 nitrogen and oxygen atoms in total. The van der Waals surface area contributed by atoms with E-state index in [2.05, 4.69) is 31.3 Å². The van der Waals surface area contributed by atoms with Gasteiger partial charge in [0.25, 0.3) is 0 Å². The zero-order valence-electron chi connectivity index (χ0n) is 26.9. The molecular formula is C35H65NO5. The van der Waals surface area contributed by atoms with Crippen molar-refractivity contribution in [3.05, 3.63) is 12.2 Å². The smallest absolute Gasteiger partial charge is 0.322 e. The van der Waals surface area contributed by atoms with E-state index < -0.39 is 5.97 Å². The van der Waals surface area contributed by atoms with Crippen LogP contribution in [0.15, 0.2) is 12.2 Å². The molecule has 240 valence electrons. The van der Waals surface area contributed by atoms with Crippen molar-refractivity contribution in [2.45, 2.75) is 187 Å². The van der Waals surface area contributed by atoms with Gasteiger partial charge in [0.2, 0.25) is 5.91 Å². The van der Waals surface area contributed by atoms with Crippen LogP contribution in [0.4, 0.5) is 0 Å². The maximum absolute atomic E-state index is 12.5. The predicted octanol–water partition coefficient (Wildman–Crippen LogP) is 9.84. The number of allylic oxidation sites excluding steroid dienone is 2. The van der Waals surface area contributed by atoms with Crippen molar-refractivity contribution in [2.75, 3.05) is 6.54 Å². The van der Waals surface area contributed by atoms with Gasteiger partial charge >= 0.3 is 11.9 Å². The minimum absolute atomic E-state index is 0.00553. The van der Waals surface area contributed by atoms with Crippen LogP contribution in [0.25, 0.3) is 0 Å². The number of carboxylic acid groups (broad SMARTS) is 1. The van der Waals surface area contributed by atoms with Crippen LogP contribution in [-0.2, 0) is 19.1 Å². The van der Waals surface area contributed by atoms with Crippen LogP contribution >= 0.6 is 0 Å². The average Bonchev–Trinajstić information content (AvgIpc) is 2.95. The molecule has 0 aliphatic carbocycles. The number of ether oxygens (including phenoxy) is 1. The molecule has 0 aliphatic heterocycles. The molecule has 1 atom stereocenters. The van der Waals surface area contributed by atoms with Crippen molar-refractivity contribution in [2.24, 2.45) is 0 Å². The van der Waals surface area contributed by atoms with Gasteiger partial charge in [0, 0.05) is 12.8 Å². The van der Waals surface area contributed by atoms with E-state index in [-0.39, 0.29) is 24.5 Å². The standard InChI is InChI=1S/C35H65NO5/c1-3-5-7-9-11-12-13-14-15-16-17-18-20-26-30-35(40)41-32(27-23-19-10-8-6-4-2)28-24-21-22-25-29-33(37)36-31-34(38)39/h13-14,32H,3-12,15-31H2,1-2H3,(H,36,37)(H,38,39)/b14-13-. The molecule has 0 aromatic rings. The average molecular weight is 580 g/mol. The molecule has 0 spiro atoms. The van der Waals surface area contributed by atoms with E-state index in [1.165, 1.54) is 96.3 Å². The molecule has 0 radical (unpaired) electrons. The summed E-state index contributed by atoms with van der Waals surface area (Å²) in [5, 5.41) is 11.0.